The predicted octanol–water partition coefficient (Wildman–Crippen LogP) is 4.37. The van der Waals surface area contributed by atoms with Gasteiger partial charge in [0, 0.05) is 22.8 Å². The molecule has 0 bridgehead atoms. The van der Waals surface area contributed by atoms with Crippen LogP contribution in [0, 0.1) is 6.42 Å². The van der Waals surface area contributed by atoms with Crippen LogP contribution in [0.1, 0.15) is 19.6 Å². The summed E-state index contributed by atoms with van der Waals surface area (Å²) >= 11 is 0. The summed E-state index contributed by atoms with van der Waals surface area (Å²) in [5.74, 6) is 0.979. The second-order valence-electron chi connectivity index (χ2n) is 4.26. The van der Waals surface area contributed by atoms with Crippen LogP contribution in [0.2, 0.25) is 0 Å². The van der Waals surface area contributed by atoms with Crippen LogP contribution in [-0.4, -0.2) is 0 Å². The van der Waals surface area contributed by atoms with E-state index in [9.17, 15) is 0 Å². The minimum atomic E-state index is 0.979. The highest BCUT2D eigenvalue weighted by molar-refractivity contribution is 5.95. The molecule has 0 fully saturated rings. The Morgan fingerprint density at radius 1 is 1.00 bits per heavy atom. The summed E-state index contributed by atoms with van der Waals surface area (Å²) in [6.45, 7) is 4.26. The highest BCUT2D eigenvalue weighted by Crippen LogP contribution is 2.35. The molecule has 0 amide bonds. The van der Waals surface area contributed by atoms with E-state index in [-0.39, 0.29) is 0 Å². The van der Waals surface area contributed by atoms with Crippen LogP contribution in [-0.2, 0) is 0 Å². The number of benzene rings is 1. The monoisotopic (exact) mass is 209 g/mol. The molecule has 1 nitrogen and oxygen atoms in total. The summed E-state index contributed by atoms with van der Waals surface area (Å²) < 4.78 is 5.67. The molecule has 1 aromatic heterocycles. The topological polar surface area (TPSA) is 13.1 Å². The number of furan rings is 1. The maximum Gasteiger partial charge on any atom is 0.138 e. The molecule has 1 radical (unpaired) electrons. The molecule has 1 aromatic carbocycles. The zero-order valence-electron chi connectivity index (χ0n) is 9.45. The van der Waals surface area contributed by atoms with Gasteiger partial charge in [-0.05, 0) is 13.8 Å². The van der Waals surface area contributed by atoms with Crippen molar-refractivity contribution in [2.45, 2.75) is 13.8 Å². The van der Waals surface area contributed by atoms with E-state index in [4.69, 9.17) is 4.42 Å². The van der Waals surface area contributed by atoms with Gasteiger partial charge in [0.2, 0.25) is 0 Å². The second kappa shape index (κ2) is 3.38. The number of hydrogen-bond acceptors (Lipinski definition) is 1. The summed E-state index contributed by atoms with van der Waals surface area (Å²) in [5, 5.41) is 2.35. The van der Waals surface area contributed by atoms with E-state index in [1.54, 1.807) is 0 Å². The highest BCUT2D eigenvalue weighted by Gasteiger charge is 2.16. The van der Waals surface area contributed by atoms with Crippen LogP contribution < -0.4 is 0 Å². The maximum absolute atomic E-state index is 5.67. The fourth-order valence-electron chi connectivity index (χ4n) is 2.08. The van der Waals surface area contributed by atoms with Gasteiger partial charge >= 0.3 is 0 Å². The van der Waals surface area contributed by atoms with E-state index in [1.165, 1.54) is 22.1 Å². The van der Waals surface area contributed by atoms with Crippen LogP contribution in [0.3, 0.4) is 0 Å². The Kier molecular flexibility index (Phi) is 2.00. The predicted molar refractivity (Wildman–Crippen MR) is 66.9 cm³/mol. The Morgan fingerprint density at radius 2 is 1.81 bits per heavy atom. The summed E-state index contributed by atoms with van der Waals surface area (Å²) in [5.41, 5.74) is 3.81. The third kappa shape index (κ3) is 1.32. The van der Waals surface area contributed by atoms with Crippen molar-refractivity contribution >= 4 is 16.3 Å². The van der Waals surface area contributed by atoms with Crippen molar-refractivity contribution in [3.63, 3.8) is 0 Å². The Bertz CT molecular complexity index is 611. The standard InChI is InChI=1S/C15H13O/c1-10-7-13(8-11(10)2)15-14-6-4-3-5-12(14)9-16-15/h3-9H,1-2H3. The molecule has 16 heavy (non-hydrogen) atoms. The molecule has 1 aliphatic rings. The van der Waals surface area contributed by atoms with Crippen molar-refractivity contribution in [2.75, 3.05) is 0 Å². The Morgan fingerprint density at radius 3 is 2.56 bits per heavy atom. The lowest BCUT2D eigenvalue weighted by atomic mass is 10.1. The first-order chi connectivity index (χ1) is 7.75. The van der Waals surface area contributed by atoms with Gasteiger partial charge in [0.25, 0.3) is 0 Å². The van der Waals surface area contributed by atoms with Gasteiger partial charge in [-0.3, -0.25) is 0 Å². The lowest BCUT2D eigenvalue weighted by molar-refractivity contribution is 0.559. The minimum absolute atomic E-state index is 0.979. The van der Waals surface area contributed by atoms with Crippen LogP contribution in [0.4, 0.5) is 0 Å². The van der Waals surface area contributed by atoms with E-state index >= 15 is 0 Å². The van der Waals surface area contributed by atoms with E-state index in [0.717, 1.165) is 11.1 Å². The molecular formula is C15H13O. The number of hydrogen-bond donors (Lipinski definition) is 0. The van der Waals surface area contributed by atoms with Crippen LogP contribution >= 0.6 is 0 Å². The maximum atomic E-state index is 5.67. The Hall–Kier alpha value is -1.76. The average Bonchev–Trinajstić information content (AvgIpc) is 2.83. The van der Waals surface area contributed by atoms with Crippen molar-refractivity contribution in [3.05, 3.63) is 59.9 Å². The van der Waals surface area contributed by atoms with Gasteiger partial charge in [0.1, 0.15) is 5.76 Å². The van der Waals surface area contributed by atoms with E-state index < -0.39 is 0 Å². The van der Waals surface area contributed by atoms with Gasteiger partial charge < -0.3 is 4.42 Å². The van der Waals surface area contributed by atoms with Gasteiger partial charge in [0.15, 0.2) is 0 Å². The summed E-state index contributed by atoms with van der Waals surface area (Å²) in [6.07, 6.45) is 6.18. The number of fused-ring (bicyclic) bond motifs is 1. The minimum Gasteiger partial charge on any atom is -0.463 e. The van der Waals surface area contributed by atoms with Crippen molar-refractivity contribution in [1.82, 2.24) is 0 Å². The first-order valence-electron chi connectivity index (χ1n) is 5.46. The molecule has 0 unspecified atom stereocenters. The van der Waals surface area contributed by atoms with Crippen LogP contribution in [0.5, 0.6) is 0 Å². The third-order valence-corrected chi connectivity index (χ3v) is 3.14. The zero-order valence-corrected chi connectivity index (χ0v) is 9.45. The Balaban J connectivity index is 2.12. The number of rotatable bonds is 1. The fourth-order valence-corrected chi connectivity index (χ4v) is 2.08. The van der Waals surface area contributed by atoms with Gasteiger partial charge in [-0.15, -0.1) is 0 Å². The smallest absolute Gasteiger partial charge is 0.138 e. The molecule has 1 heteroatoms. The summed E-state index contributed by atoms with van der Waals surface area (Å²) in [4.78, 5) is 0. The van der Waals surface area contributed by atoms with E-state index in [1.807, 2.05) is 18.4 Å². The first-order valence-corrected chi connectivity index (χ1v) is 5.46. The molecule has 79 valence electrons. The van der Waals surface area contributed by atoms with Crippen molar-refractivity contribution in [3.8, 4) is 0 Å². The fraction of sp³-hybridized carbons (Fsp3) is 0.133. The lowest BCUT2D eigenvalue weighted by Gasteiger charge is -1.98. The highest BCUT2D eigenvalue weighted by atomic mass is 16.3. The quantitative estimate of drug-likeness (QED) is 0.679. The lowest BCUT2D eigenvalue weighted by Crippen LogP contribution is -1.80. The first kappa shape index (κ1) is 9.46. The van der Waals surface area contributed by atoms with Crippen LogP contribution in [0.15, 0.2) is 52.2 Å². The van der Waals surface area contributed by atoms with Gasteiger partial charge in [-0.25, -0.2) is 0 Å². The molecule has 1 heterocycles. The summed E-state index contributed by atoms with van der Waals surface area (Å²) in [7, 11) is 0. The normalized spacial score (nSPS) is 16.0. The van der Waals surface area contributed by atoms with Gasteiger partial charge in [0.05, 0.1) is 6.26 Å². The molecule has 0 atom stereocenters. The van der Waals surface area contributed by atoms with Crippen molar-refractivity contribution < 1.29 is 4.42 Å². The molecular weight excluding hydrogens is 196 g/mol. The SMILES string of the molecule is CC1=C(C)C=C(c2occ3ccccc23)[CH]1. The molecule has 1 aliphatic carbocycles. The van der Waals surface area contributed by atoms with Gasteiger partial charge in [-0.1, -0.05) is 41.5 Å². The van der Waals surface area contributed by atoms with Crippen LogP contribution in [0.25, 0.3) is 16.3 Å². The van der Waals surface area contributed by atoms with E-state index in [2.05, 4.69) is 38.5 Å². The van der Waals surface area contributed by atoms with Crippen molar-refractivity contribution in [1.29, 1.82) is 0 Å². The van der Waals surface area contributed by atoms with Crippen molar-refractivity contribution in [2.24, 2.45) is 0 Å². The molecule has 0 N–H and O–H groups in total. The molecule has 0 aliphatic heterocycles. The average molecular weight is 209 g/mol. The molecule has 0 saturated heterocycles. The van der Waals surface area contributed by atoms with Gasteiger partial charge in [-0.2, -0.15) is 0 Å². The second-order valence-corrected chi connectivity index (χ2v) is 4.26. The largest absolute Gasteiger partial charge is 0.463 e. The molecule has 3 rings (SSSR count). The Labute approximate surface area is 95.1 Å². The molecule has 0 saturated carbocycles. The number of allylic oxidation sites excluding steroid dienone is 4. The zero-order chi connectivity index (χ0) is 11.1. The summed E-state index contributed by atoms with van der Waals surface area (Å²) in [6, 6.07) is 8.25. The third-order valence-electron chi connectivity index (χ3n) is 3.14. The van der Waals surface area contributed by atoms with E-state index in [0.29, 0.717) is 0 Å². The molecule has 0 spiro atoms. The molecule has 2 aromatic rings.